The van der Waals surface area contributed by atoms with Crippen molar-refractivity contribution in [2.45, 2.75) is 44.3 Å². The number of nitrogens with one attached hydrogen (secondary N) is 1. The Morgan fingerprint density at radius 1 is 1.06 bits per heavy atom. The third kappa shape index (κ3) is 4.73. The van der Waals surface area contributed by atoms with Crippen molar-refractivity contribution >= 4 is 40.1 Å². The van der Waals surface area contributed by atoms with E-state index in [2.05, 4.69) is 10.3 Å². The average Bonchev–Trinajstić information content (AvgIpc) is 3.06. The maximum atomic E-state index is 14.3. The summed E-state index contributed by atoms with van der Waals surface area (Å²) in [6.07, 6.45) is -12.5. The summed E-state index contributed by atoms with van der Waals surface area (Å²) in [7, 11) is 0. The van der Waals surface area contributed by atoms with Crippen molar-refractivity contribution in [2.24, 2.45) is 4.99 Å². The highest BCUT2D eigenvalue weighted by molar-refractivity contribution is 14.1. The standard InChI is InChI=1S/C22H18F7IN2O2/c1-11-9-12(20(23,21(24,25)26)22(27,28)29)7-8-15(11)31-17(33)13-5-4-6-14(30)16(13)18-32-19(2,3)10-34-18/h4-9H,10H2,1-3H3,(H,31,33). The van der Waals surface area contributed by atoms with Crippen LogP contribution in [0.2, 0.25) is 0 Å². The molecule has 1 aliphatic rings. The van der Waals surface area contributed by atoms with Gasteiger partial charge in [-0.15, -0.1) is 0 Å². The number of anilines is 1. The van der Waals surface area contributed by atoms with Crippen LogP contribution in [0, 0.1) is 10.5 Å². The lowest BCUT2D eigenvalue weighted by molar-refractivity contribution is -0.348. The number of rotatable bonds is 4. The summed E-state index contributed by atoms with van der Waals surface area (Å²) in [5, 5.41) is 2.46. The molecule has 0 spiro atoms. The fourth-order valence-corrected chi connectivity index (χ4v) is 4.07. The minimum Gasteiger partial charge on any atom is -0.475 e. The monoisotopic (exact) mass is 602 g/mol. The molecule has 2 aromatic rings. The molecule has 0 fully saturated rings. The molecule has 0 radical (unpaired) electrons. The van der Waals surface area contributed by atoms with E-state index in [1.165, 1.54) is 6.07 Å². The number of ether oxygens (including phenoxy) is 1. The summed E-state index contributed by atoms with van der Waals surface area (Å²) in [6, 6.07) is 6.37. The van der Waals surface area contributed by atoms with Crippen LogP contribution in [0.25, 0.3) is 0 Å². The highest BCUT2D eigenvalue weighted by Crippen LogP contribution is 2.53. The number of hydrogen-bond donors (Lipinski definition) is 1. The Hall–Kier alpha value is -2.38. The van der Waals surface area contributed by atoms with Gasteiger partial charge in [-0.3, -0.25) is 4.79 Å². The molecule has 1 N–H and O–H groups in total. The van der Waals surface area contributed by atoms with Crippen LogP contribution >= 0.6 is 22.6 Å². The Bertz CT molecular complexity index is 1140. The van der Waals surface area contributed by atoms with Gasteiger partial charge in [0.25, 0.3) is 5.91 Å². The molecule has 0 atom stereocenters. The van der Waals surface area contributed by atoms with E-state index in [1.807, 2.05) is 36.4 Å². The first kappa shape index (κ1) is 26.2. The zero-order chi connectivity index (χ0) is 25.7. The third-order valence-electron chi connectivity index (χ3n) is 5.09. The molecule has 0 saturated carbocycles. The van der Waals surface area contributed by atoms with Crippen molar-refractivity contribution in [2.75, 3.05) is 11.9 Å². The number of aryl methyl sites for hydroxylation is 1. The summed E-state index contributed by atoms with van der Waals surface area (Å²) in [5.41, 5.74) is -7.43. The number of nitrogens with zero attached hydrogens (tertiary/aromatic N) is 1. The van der Waals surface area contributed by atoms with Crippen molar-refractivity contribution in [3.05, 3.63) is 62.2 Å². The van der Waals surface area contributed by atoms with Crippen molar-refractivity contribution in [3.63, 3.8) is 0 Å². The van der Waals surface area contributed by atoms with Gasteiger partial charge in [0.2, 0.25) is 5.90 Å². The number of hydrogen-bond acceptors (Lipinski definition) is 3. The van der Waals surface area contributed by atoms with E-state index in [0.717, 1.165) is 13.0 Å². The van der Waals surface area contributed by atoms with E-state index in [9.17, 15) is 35.5 Å². The lowest BCUT2D eigenvalue weighted by Gasteiger charge is -2.30. The zero-order valence-electron chi connectivity index (χ0n) is 18.0. The maximum absolute atomic E-state index is 14.3. The predicted octanol–water partition coefficient (Wildman–Crippen LogP) is 6.70. The Labute approximate surface area is 203 Å². The largest absolute Gasteiger partial charge is 0.475 e. The summed E-state index contributed by atoms with van der Waals surface area (Å²) >= 11 is 1.99. The Morgan fingerprint density at radius 3 is 2.18 bits per heavy atom. The first-order valence-electron chi connectivity index (χ1n) is 9.74. The fourth-order valence-electron chi connectivity index (χ4n) is 3.34. The van der Waals surface area contributed by atoms with Crippen LogP contribution in [0.3, 0.4) is 0 Å². The Kier molecular flexibility index (Phi) is 6.70. The number of alkyl halides is 7. The van der Waals surface area contributed by atoms with E-state index in [-0.39, 0.29) is 22.7 Å². The van der Waals surface area contributed by atoms with E-state index in [4.69, 9.17) is 4.74 Å². The molecule has 0 aliphatic carbocycles. The van der Waals surface area contributed by atoms with Crippen molar-refractivity contribution in [3.8, 4) is 0 Å². The number of halogens is 8. The molecule has 1 aliphatic heterocycles. The Morgan fingerprint density at radius 2 is 1.68 bits per heavy atom. The van der Waals surface area contributed by atoms with Crippen LogP contribution in [-0.4, -0.2) is 36.3 Å². The minimum atomic E-state index is -6.23. The molecule has 34 heavy (non-hydrogen) atoms. The van der Waals surface area contributed by atoms with Gasteiger partial charge in [-0.1, -0.05) is 18.2 Å². The Balaban J connectivity index is 1.97. The van der Waals surface area contributed by atoms with Crippen LogP contribution in [0.5, 0.6) is 0 Å². The van der Waals surface area contributed by atoms with Gasteiger partial charge in [0.1, 0.15) is 6.61 Å². The topological polar surface area (TPSA) is 50.7 Å². The highest BCUT2D eigenvalue weighted by atomic mass is 127. The first-order chi connectivity index (χ1) is 15.5. The second-order valence-electron chi connectivity index (χ2n) is 8.32. The summed E-state index contributed by atoms with van der Waals surface area (Å²) in [6.45, 7) is 5.13. The SMILES string of the molecule is Cc1cc(C(F)(C(F)(F)F)C(F)(F)F)ccc1NC(=O)c1cccc(I)c1C1=NC(C)(C)CO1. The second-order valence-corrected chi connectivity index (χ2v) is 9.48. The molecule has 12 heteroatoms. The van der Waals surface area contributed by atoms with Gasteiger partial charge in [0.05, 0.1) is 16.7 Å². The van der Waals surface area contributed by atoms with Crippen molar-refractivity contribution < 1.29 is 40.3 Å². The van der Waals surface area contributed by atoms with Gasteiger partial charge in [0.15, 0.2) is 0 Å². The number of aliphatic imine (C=N–C) groups is 1. The van der Waals surface area contributed by atoms with E-state index < -0.39 is 35.0 Å². The van der Waals surface area contributed by atoms with Gasteiger partial charge in [0, 0.05) is 14.8 Å². The molecule has 1 heterocycles. The molecule has 0 saturated heterocycles. The lowest BCUT2D eigenvalue weighted by atomic mass is 9.92. The van der Waals surface area contributed by atoms with E-state index >= 15 is 0 Å². The van der Waals surface area contributed by atoms with Gasteiger partial charge in [-0.05, 0) is 67.1 Å². The predicted molar refractivity (Wildman–Crippen MR) is 120 cm³/mol. The molecule has 1 amide bonds. The van der Waals surface area contributed by atoms with Crippen molar-refractivity contribution in [1.82, 2.24) is 0 Å². The minimum absolute atomic E-state index is 0.0835. The highest BCUT2D eigenvalue weighted by Gasteiger charge is 2.73. The molecule has 0 aromatic heterocycles. The second kappa shape index (κ2) is 8.68. The number of carbonyl (C=O) groups excluding carboxylic acids is 1. The average molecular weight is 602 g/mol. The van der Waals surface area contributed by atoms with E-state index in [0.29, 0.717) is 27.9 Å². The lowest BCUT2D eigenvalue weighted by Crippen LogP contribution is -2.50. The maximum Gasteiger partial charge on any atom is 0.435 e. The number of carbonyl (C=O) groups is 1. The molecule has 2 aromatic carbocycles. The van der Waals surface area contributed by atoms with Crippen LogP contribution in [0.4, 0.5) is 36.4 Å². The fraction of sp³-hybridized carbons (Fsp3) is 0.364. The molecule has 3 rings (SSSR count). The summed E-state index contributed by atoms with van der Waals surface area (Å²) in [4.78, 5) is 17.5. The molecule has 4 nitrogen and oxygen atoms in total. The molecule has 0 bridgehead atoms. The van der Waals surface area contributed by atoms with Crippen molar-refractivity contribution in [1.29, 1.82) is 0 Å². The van der Waals surface area contributed by atoms with Crippen LogP contribution in [-0.2, 0) is 10.4 Å². The van der Waals surface area contributed by atoms with Crippen LogP contribution in [0.15, 0.2) is 41.4 Å². The zero-order valence-corrected chi connectivity index (χ0v) is 20.1. The normalized spacial score (nSPS) is 16.1. The molecular formula is C22H18F7IN2O2. The quantitative estimate of drug-likeness (QED) is 0.313. The van der Waals surface area contributed by atoms with Gasteiger partial charge >= 0.3 is 18.0 Å². The van der Waals surface area contributed by atoms with Crippen LogP contribution in [0.1, 0.15) is 40.9 Å². The summed E-state index contributed by atoms with van der Waals surface area (Å²) < 4.78 is 98.9. The first-order valence-corrected chi connectivity index (χ1v) is 10.8. The summed E-state index contributed by atoms with van der Waals surface area (Å²) in [5.74, 6) is -0.455. The van der Waals surface area contributed by atoms with E-state index in [1.54, 1.807) is 12.1 Å². The van der Waals surface area contributed by atoms with Gasteiger partial charge in [-0.2, -0.15) is 26.3 Å². The molecular weight excluding hydrogens is 584 g/mol. The third-order valence-corrected chi connectivity index (χ3v) is 5.99. The van der Waals surface area contributed by atoms with Crippen LogP contribution < -0.4 is 5.32 Å². The molecule has 184 valence electrons. The van der Waals surface area contributed by atoms with Gasteiger partial charge in [-0.25, -0.2) is 9.38 Å². The number of amides is 1. The number of benzene rings is 2. The van der Waals surface area contributed by atoms with Gasteiger partial charge < -0.3 is 10.1 Å². The molecule has 0 unspecified atom stereocenters. The smallest absolute Gasteiger partial charge is 0.435 e.